The lowest BCUT2D eigenvalue weighted by atomic mass is 10.0. The number of aliphatic hydroxyl groups excluding tert-OH is 2. The third-order valence-corrected chi connectivity index (χ3v) is 9.71. The van der Waals surface area contributed by atoms with Gasteiger partial charge in [0.2, 0.25) is 0 Å². The molecule has 1 fully saturated rings. The summed E-state index contributed by atoms with van der Waals surface area (Å²) < 4.78 is 5.58. The van der Waals surface area contributed by atoms with Crippen molar-refractivity contribution < 1.29 is 24.5 Å². The number of ether oxygens (including phenoxy) is 1. The molecule has 0 radical (unpaired) electrons. The van der Waals surface area contributed by atoms with Gasteiger partial charge in [0.1, 0.15) is 12.6 Å². The van der Waals surface area contributed by atoms with E-state index in [0.29, 0.717) is 12.8 Å². The van der Waals surface area contributed by atoms with Crippen LogP contribution in [0.1, 0.15) is 181 Å². The summed E-state index contributed by atoms with van der Waals surface area (Å²) in [4.78, 5) is 27.5. The largest absolute Gasteiger partial charge is 0.464 e. The number of rotatable bonds is 34. The minimum atomic E-state index is -0.873. The molecule has 288 valence electrons. The lowest BCUT2D eigenvalue weighted by Gasteiger charge is -2.26. The maximum atomic E-state index is 13.2. The van der Waals surface area contributed by atoms with Crippen LogP contribution in [0.15, 0.2) is 48.6 Å². The number of nitrogens with zero attached hydrogens (tertiary/aromatic N) is 1. The van der Waals surface area contributed by atoms with Crippen molar-refractivity contribution >= 4 is 11.8 Å². The van der Waals surface area contributed by atoms with Gasteiger partial charge >= 0.3 is 5.97 Å². The summed E-state index contributed by atoms with van der Waals surface area (Å²) in [5, 5.41) is 20.2. The van der Waals surface area contributed by atoms with Crippen LogP contribution < -0.4 is 0 Å². The standard InChI is InChI=1S/C44H77NO5/c1-3-5-7-9-11-13-15-17-19-20-22-23-25-27-29-31-33-35-41(46)40(45-37-42(47)43(48)38-45)39-50-44(49)36-34-32-30-28-26-24-21-18-16-14-12-10-8-6-4-2/h10-13,16-19,40,42-43,47-48H,3-9,14-15,20-39H2,1-2H3/b12-10-,13-11-,18-16-,19-17-. The van der Waals surface area contributed by atoms with E-state index in [2.05, 4.69) is 62.5 Å². The molecule has 0 aromatic carbocycles. The van der Waals surface area contributed by atoms with Crippen molar-refractivity contribution in [3.8, 4) is 0 Å². The van der Waals surface area contributed by atoms with E-state index in [0.717, 1.165) is 64.2 Å². The SMILES string of the molecule is CCCC/C=C\C/C=C\CCCCCCCCC(=O)OCC(C(=O)CCCCCCCCC/C=C\C/C=C\CCCCC)N1CC(O)C(O)C1. The Morgan fingerprint density at radius 2 is 0.960 bits per heavy atom. The molecule has 1 saturated heterocycles. The summed E-state index contributed by atoms with van der Waals surface area (Å²) in [6.45, 7) is 4.92. The van der Waals surface area contributed by atoms with Gasteiger partial charge in [-0.25, -0.2) is 0 Å². The first-order valence-electron chi connectivity index (χ1n) is 20.9. The highest BCUT2D eigenvalue weighted by molar-refractivity contribution is 5.84. The van der Waals surface area contributed by atoms with Crippen molar-refractivity contribution in [3.05, 3.63) is 48.6 Å². The summed E-state index contributed by atoms with van der Waals surface area (Å²) >= 11 is 0. The topological polar surface area (TPSA) is 87.1 Å². The minimum absolute atomic E-state index is 0.00283. The highest BCUT2D eigenvalue weighted by Gasteiger charge is 2.37. The molecule has 3 atom stereocenters. The van der Waals surface area contributed by atoms with Gasteiger partial charge in [0.25, 0.3) is 0 Å². The zero-order chi connectivity index (χ0) is 36.3. The lowest BCUT2D eigenvalue weighted by molar-refractivity contribution is -0.147. The number of aliphatic hydroxyl groups is 2. The van der Waals surface area contributed by atoms with Gasteiger partial charge in [0.05, 0.1) is 12.2 Å². The van der Waals surface area contributed by atoms with Crippen molar-refractivity contribution in [2.24, 2.45) is 0 Å². The Hall–Kier alpha value is -2.02. The second kappa shape index (κ2) is 34.1. The van der Waals surface area contributed by atoms with Crippen molar-refractivity contribution in [3.63, 3.8) is 0 Å². The molecule has 1 aliphatic rings. The summed E-state index contributed by atoms with van der Waals surface area (Å²) in [6.07, 6.45) is 45.0. The monoisotopic (exact) mass is 700 g/mol. The normalized spacial score (nSPS) is 17.7. The fraction of sp³-hybridized carbons (Fsp3) is 0.773. The number of carbonyl (C=O) groups is 2. The predicted octanol–water partition coefficient (Wildman–Crippen LogP) is 10.9. The Kier molecular flexibility index (Phi) is 31.4. The number of likely N-dealkylation sites (tertiary alicyclic amines) is 1. The zero-order valence-electron chi connectivity index (χ0n) is 32.4. The molecule has 2 N–H and O–H groups in total. The van der Waals surface area contributed by atoms with Crippen LogP contribution in [0.5, 0.6) is 0 Å². The summed E-state index contributed by atoms with van der Waals surface area (Å²) in [5.74, 6) is -0.220. The minimum Gasteiger partial charge on any atom is -0.464 e. The zero-order valence-corrected chi connectivity index (χ0v) is 32.4. The molecule has 50 heavy (non-hydrogen) atoms. The quantitative estimate of drug-likeness (QED) is 0.0395. The van der Waals surface area contributed by atoms with Crippen LogP contribution in [0.2, 0.25) is 0 Å². The first-order chi connectivity index (χ1) is 24.5. The van der Waals surface area contributed by atoms with Crippen LogP contribution in [0.3, 0.4) is 0 Å². The molecule has 0 bridgehead atoms. The Balaban J connectivity index is 2.16. The molecule has 0 aliphatic carbocycles. The predicted molar refractivity (Wildman–Crippen MR) is 211 cm³/mol. The van der Waals surface area contributed by atoms with Crippen LogP contribution in [-0.4, -0.2) is 64.8 Å². The Labute approximate surface area is 307 Å². The maximum absolute atomic E-state index is 13.2. The Morgan fingerprint density at radius 1 is 0.560 bits per heavy atom. The number of unbranched alkanes of at least 4 members (excludes halogenated alkanes) is 18. The molecule has 0 spiro atoms. The number of Topliss-reactive ketones (excluding diaryl/α,β-unsaturated/α-hetero) is 1. The van der Waals surface area contributed by atoms with Crippen molar-refractivity contribution in [2.45, 2.75) is 199 Å². The average molecular weight is 700 g/mol. The van der Waals surface area contributed by atoms with E-state index in [9.17, 15) is 19.8 Å². The molecule has 0 saturated carbocycles. The third kappa shape index (κ3) is 26.7. The highest BCUT2D eigenvalue weighted by atomic mass is 16.5. The van der Waals surface area contributed by atoms with E-state index in [1.807, 2.05) is 0 Å². The lowest BCUT2D eigenvalue weighted by Crippen LogP contribution is -2.44. The molecule has 0 amide bonds. The van der Waals surface area contributed by atoms with Gasteiger partial charge in [-0.15, -0.1) is 0 Å². The van der Waals surface area contributed by atoms with Crippen LogP contribution in [0.25, 0.3) is 0 Å². The molecule has 0 aromatic rings. The highest BCUT2D eigenvalue weighted by Crippen LogP contribution is 2.18. The van der Waals surface area contributed by atoms with Crippen LogP contribution in [0, 0.1) is 0 Å². The number of carbonyl (C=O) groups excluding carboxylic acids is 2. The van der Waals surface area contributed by atoms with Crippen molar-refractivity contribution in [2.75, 3.05) is 19.7 Å². The summed E-state index contributed by atoms with van der Waals surface area (Å²) in [6, 6.07) is -0.596. The second-order valence-electron chi connectivity index (χ2n) is 14.4. The molecule has 0 aromatic heterocycles. The molecule has 1 aliphatic heterocycles. The van der Waals surface area contributed by atoms with Gasteiger partial charge in [-0.05, 0) is 70.6 Å². The second-order valence-corrected chi connectivity index (χ2v) is 14.4. The molecular formula is C44H77NO5. The van der Waals surface area contributed by atoms with E-state index < -0.39 is 18.2 Å². The average Bonchev–Trinajstić information content (AvgIpc) is 3.44. The van der Waals surface area contributed by atoms with Gasteiger partial charge in [-0.1, -0.05) is 146 Å². The van der Waals surface area contributed by atoms with Crippen molar-refractivity contribution in [1.29, 1.82) is 0 Å². The molecule has 6 heteroatoms. The number of allylic oxidation sites excluding steroid dienone is 8. The molecule has 3 unspecified atom stereocenters. The Bertz CT molecular complexity index is 915. The molecule has 1 rings (SSSR count). The maximum Gasteiger partial charge on any atom is 0.305 e. The number of hydrogen-bond donors (Lipinski definition) is 2. The van der Waals surface area contributed by atoms with Gasteiger partial charge in [0.15, 0.2) is 5.78 Å². The first kappa shape index (κ1) is 46.0. The van der Waals surface area contributed by atoms with Crippen LogP contribution >= 0.6 is 0 Å². The van der Waals surface area contributed by atoms with Gasteiger partial charge in [0, 0.05) is 25.9 Å². The van der Waals surface area contributed by atoms with E-state index in [1.165, 1.54) is 89.9 Å². The first-order valence-corrected chi connectivity index (χ1v) is 20.9. The number of ketones is 1. The fourth-order valence-corrected chi connectivity index (χ4v) is 6.40. The molecule has 6 nitrogen and oxygen atoms in total. The van der Waals surface area contributed by atoms with E-state index >= 15 is 0 Å². The smallest absolute Gasteiger partial charge is 0.305 e. The number of hydrogen-bond acceptors (Lipinski definition) is 6. The van der Waals surface area contributed by atoms with Gasteiger partial charge in [-0.2, -0.15) is 0 Å². The number of esters is 1. The summed E-state index contributed by atoms with van der Waals surface area (Å²) in [7, 11) is 0. The molecule has 1 heterocycles. The summed E-state index contributed by atoms with van der Waals surface area (Å²) in [5.41, 5.74) is 0. The van der Waals surface area contributed by atoms with Gasteiger partial charge in [-0.3, -0.25) is 14.5 Å². The van der Waals surface area contributed by atoms with Crippen molar-refractivity contribution in [1.82, 2.24) is 4.90 Å². The van der Waals surface area contributed by atoms with Crippen LogP contribution in [0.4, 0.5) is 0 Å². The van der Waals surface area contributed by atoms with E-state index in [4.69, 9.17) is 4.74 Å². The Morgan fingerprint density at radius 3 is 1.44 bits per heavy atom. The molecular weight excluding hydrogens is 622 g/mol. The van der Waals surface area contributed by atoms with Crippen LogP contribution in [-0.2, 0) is 14.3 Å². The van der Waals surface area contributed by atoms with E-state index in [1.54, 1.807) is 4.90 Å². The third-order valence-electron chi connectivity index (χ3n) is 9.71. The fourth-order valence-electron chi connectivity index (χ4n) is 6.40. The van der Waals surface area contributed by atoms with Gasteiger partial charge < -0.3 is 14.9 Å². The number of β-amino-alcohol motifs (C(OH)–C–C–N with tert-alkyl or cyclic N) is 2. The van der Waals surface area contributed by atoms with E-state index in [-0.39, 0.29) is 31.4 Å².